The van der Waals surface area contributed by atoms with Crippen LogP contribution in [-0.2, 0) is 9.47 Å². The fourth-order valence-electron chi connectivity index (χ4n) is 3.14. The van der Waals surface area contributed by atoms with Crippen molar-refractivity contribution in [3.05, 3.63) is 0 Å². The molecule has 5 nitrogen and oxygen atoms in total. The van der Waals surface area contributed by atoms with Crippen LogP contribution in [0.3, 0.4) is 0 Å². The molecule has 0 aromatic rings. The average Bonchev–Trinajstić information content (AvgIpc) is 2.75. The van der Waals surface area contributed by atoms with Crippen LogP contribution in [0.4, 0.5) is 0 Å². The maximum absolute atomic E-state index is 9.66. The lowest BCUT2D eigenvalue weighted by Crippen LogP contribution is -2.51. The third-order valence-corrected chi connectivity index (χ3v) is 4.07. The summed E-state index contributed by atoms with van der Waals surface area (Å²) >= 11 is 0. The predicted molar refractivity (Wildman–Crippen MR) is 65.2 cm³/mol. The summed E-state index contributed by atoms with van der Waals surface area (Å²) in [6, 6.07) is 0. The van der Waals surface area contributed by atoms with Gasteiger partial charge in [0.05, 0.1) is 24.9 Å². The quantitative estimate of drug-likeness (QED) is 0.636. The Morgan fingerprint density at radius 1 is 1.00 bits per heavy atom. The summed E-state index contributed by atoms with van der Waals surface area (Å²) in [7, 11) is 0. The van der Waals surface area contributed by atoms with Gasteiger partial charge in [0.25, 0.3) is 0 Å². The van der Waals surface area contributed by atoms with E-state index in [2.05, 4.69) is 0 Å². The Balaban J connectivity index is 1.96. The molecule has 106 valence electrons. The number of aliphatic hydroxyl groups excluding tert-OH is 3. The van der Waals surface area contributed by atoms with Gasteiger partial charge >= 0.3 is 0 Å². The van der Waals surface area contributed by atoms with Crippen molar-refractivity contribution in [3.63, 3.8) is 0 Å². The minimum atomic E-state index is -0.585. The van der Waals surface area contributed by atoms with Crippen LogP contribution in [0.5, 0.6) is 0 Å². The molecule has 5 heteroatoms. The molecule has 18 heavy (non-hydrogen) atoms. The summed E-state index contributed by atoms with van der Waals surface area (Å²) in [6.07, 6.45) is 4.65. The molecule has 0 aliphatic carbocycles. The maximum atomic E-state index is 9.66. The fraction of sp³-hybridized carbons (Fsp3) is 1.00. The Bertz CT molecular complexity index is 260. The summed E-state index contributed by atoms with van der Waals surface area (Å²) < 4.78 is 11.9. The van der Waals surface area contributed by atoms with E-state index in [0.29, 0.717) is 12.8 Å². The smallest absolute Gasteiger partial charge is 0.120 e. The average molecular weight is 260 g/mol. The van der Waals surface area contributed by atoms with Crippen molar-refractivity contribution in [2.24, 2.45) is 0 Å². The highest BCUT2D eigenvalue weighted by Gasteiger charge is 2.52. The fourth-order valence-corrected chi connectivity index (χ4v) is 3.14. The van der Waals surface area contributed by atoms with Crippen molar-refractivity contribution < 1.29 is 24.8 Å². The number of rotatable bonds is 6. The van der Waals surface area contributed by atoms with Crippen molar-refractivity contribution in [2.75, 3.05) is 19.8 Å². The largest absolute Gasteiger partial charge is 0.396 e. The molecular formula is C13H24O5. The van der Waals surface area contributed by atoms with E-state index in [4.69, 9.17) is 19.7 Å². The molecular weight excluding hydrogens is 236 g/mol. The predicted octanol–water partition coefficient (Wildman–Crippen LogP) is 0.209. The SMILES string of the molecule is OCCC[C@H]1CC2(CO)O[C@@H](CCO)CCC2O1. The zero-order valence-corrected chi connectivity index (χ0v) is 10.8. The first-order valence-corrected chi connectivity index (χ1v) is 6.90. The number of hydrogen-bond donors (Lipinski definition) is 3. The van der Waals surface area contributed by atoms with E-state index < -0.39 is 5.60 Å². The lowest BCUT2D eigenvalue weighted by atomic mass is 9.86. The number of fused-ring (bicyclic) bond motifs is 1. The Morgan fingerprint density at radius 3 is 2.50 bits per heavy atom. The molecule has 0 radical (unpaired) electrons. The normalized spacial score (nSPS) is 39.8. The molecule has 2 fully saturated rings. The van der Waals surface area contributed by atoms with E-state index in [-0.39, 0.29) is 38.1 Å². The Kier molecular flexibility index (Phi) is 4.98. The molecule has 2 heterocycles. The summed E-state index contributed by atoms with van der Waals surface area (Å²) in [5.41, 5.74) is -0.585. The summed E-state index contributed by atoms with van der Waals surface area (Å²) in [6.45, 7) is 0.255. The zero-order chi connectivity index (χ0) is 13.0. The standard InChI is InChI=1S/C13H24O5/c14-6-1-2-11-8-13(9-16)12(17-11)4-3-10(18-13)5-7-15/h10-12,14-16H,1-9H2/t10-,11+,12?,13?/m1/s1. The Morgan fingerprint density at radius 2 is 1.83 bits per heavy atom. The highest BCUT2D eigenvalue weighted by Crippen LogP contribution is 2.42. The van der Waals surface area contributed by atoms with Crippen molar-refractivity contribution >= 4 is 0 Å². The van der Waals surface area contributed by atoms with E-state index in [1.807, 2.05) is 0 Å². The molecule has 4 atom stereocenters. The minimum absolute atomic E-state index is 0.0265. The van der Waals surface area contributed by atoms with E-state index in [1.54, 1.807) is 0 Å². The molecule has 2 rings (SSSR count). The number of hydrogen-bond acceptors (Lipinski definition) is 5. The van der Waals surface area contributed by atoms with Gasteiger partial charge in [-0.1, -0.05) is 0 Å². The van der Waals surface area contributed by atoms with Crippen LogP contribution in [0.25, 0.3) is 0 Å². The summed E-state index contributed by atoms with van der Waals surface area (Å²) in [5, 5.41) is 27.5. The highest BCUT2D eigenvalue weighted by atomic mass is 16.6. The van der Waals surface area contributed by atoms with E-state index in [0.717, 1.165) is 25.7 Å². The van der Waals surface area contributed by atoms with E-state index >= 15 is 0 Å². The van der Waals surface area contributed by atoms with Crippen LogP contribution >= 0.6 is 0 Å². The Labute approximate surface area is 108 Å². The molecule has 0 spiro atoms. The maximum Gasteiger partial charge on any atom is 0.120 e. The first kappa shape index (κ1) is 14.2. The van der Waals surface area contributed by atoms with Crippen molar-refractivity contribution in [2.45, 2.75) is 62.4 Å². The highest BCUT2D eigenvalue weighted by molar-refractivity contribution is 5.01. The zero-order valence-electron chi connectivity index (χ0n) is 10.8. The van der Waals surface area contributed by atoms with Gasteiger partial charge in [0.1, 0.15) is 5.60 Å². The van der Waals surface area contributed by atoms with Crippen LogP contribution in [-0.4, -0.2) is 59.1 Å². The van der Waals surface area contributed by atoms with Crippen LogP contribution in [0.15, 0.2) is 0 Å². The van der Waals surface area contributed by atoms with Gasteiger partial charge in [-0.15, -0.1) is 0 Å². The second-order valence-corrected chi connectivity index (χ2v) is 5.37. The number of aliphatic hydroxyl groups is 3. The third kappa shape index (κ3) is 2.86. The third-order valence-electron chi connectivity index (χ3n) is 4.07. The van der Waals surface area contributed by atoms with Crippen LogP contribution in [0, 0.1) is 0 Å². The van der Waals surface area contributed by atoms with Gasteiger partial charge in [-0.3, -0.25) is 0 Å². The topological polar surface area (TPSA) is 79.2 Å². The first-order valence-electron chi connectivity index (χ1n) is 6.90. The second kappa shape index (κ2) is 6.30. The molecule has 0 aromatic heterocycles. The van der Waals surface area contributed by atoms with Crippen LogP contribution < -0.4 is 0 Å². The molecule has 0 bridgehead atoms. The summed E-state index contributed by atoms with van der Waals surface area (Å²) in [4.78, 5) is 0. The lowest BCUT2D eigenvalue weighted by molar-refractivity contribution is -0.185. The molecule has 2 unspecified atom stereocenters. The molecule has 2 aliphatic rings. The van der Waals surface area contributed by atoms with Gasteiger partial charge in [0, 0.05) is 19.6 Å². The summed E-state index contributed by atoms with van der Waals surface area (Å²) in [5.74, 6) is 0. The van der Waals surface area contributed by atoms with Gasteiger partial charge in [-0.25, -0.2) is 0 Å². The Hall–Kier alpha value is -0.200. The molecule has 0 aromatic carbocycles. The molecule has 2 aliphatic heterocycles. The van der Waals surface area contributed by atoms with E-state index in [1.165, 1.54) is 0 Å². The number of ether oxygens (including phenoxy) is 2. The lowest BCUT2D eigenvalue weighted by Gasteiger charge is -2.40. The molecule has 2 saturated heterocycles. The van der Waals surface area contributed by atoms with Crippen molar-refractivity contribution in [1.29, 1.82) is 0 Å². The first-order chi connectivity index (χ1) is 8.74. The van der Waals surface area contributed by atoms with Gasteiger partial charge < -0.3 is 24.8 Å². The van der Waals surface area contributed by atoms with E-state index in [9.17, 15) is 5.11 Å². The van der Waals surface area contributed by atoms with Gasteiger partial charge in [-0.05, 0) is 32.1 Å². The molecule has 3 N–H and O–H groups in total. The van der Waals surface area contributed by atoms with Crippen molar-refractivity contribution in [3.8, 4) is 0 Å². The molecule has 0 amide bonds. The minimum Gasteiger partial charge on any atom is -0.396 e. The van der Waals surface area contributed by atoms with Crippen molar-refractivity contribution in [1.82, 2.24) is 0 Å². The van der Waals surface area contributed by atoms with Gasteiger partial charge in [-0.2, -0.15) is 0 Å². The monoisotopic (exact) mass is 260 g/mol. The molecule has 0 saturated carbocycles. The van der Waals surface area contributed by atoms with Gasteiger partial charge in [0.2, 0.25) is 0 Å². The van der Waals surface area contributed by atoms with Crippen LogP contribution in [0.2, 0.25) is 0 Å². The van der Waals surface area contributed by atoms with Gasteiger partial charge in [0.15, 0.2) is 0 Å². The second-order valence-electron chi connectivity index (χ2n) is 5.37. The van der Waals surface area contributed by atoms with Crippen LogP contribution in [0.1, 0.15) is 38.5 Å².